The fourth-order valence-electron chi connectivity index (χ4n) is 1.15. The van der Waals surface area contributed by atoms with Gasteiger partial charge >= 0.3 is 0 Å². The van der Waals surface area contributed by atoms with Crippen molar-refractivity contribution in [1.29, 1.82) is 0 Å². The summed E-state index contributed by atoms with van der Waals surface area (Å²) in [4.78, 5) is 18.0. The monoisotopic (exact) mass is 279 g/mol. The standard InChI is InChI=1S/C9H11Cl2N3O3/c1-4(15)12-2-5(16)7(17)6-8(10)13-3-14-9(6)11/h3,5,7,16-17H,2H2,1H3,(H,12,15). The van der Waals surface area contributed by atoms with Gasteiger partial charge in [0.15, 0.2) is 0 Å². The fourth-order valence-corrected chi connectivity index (χ4v) is 1.69. The van der Waals surface area contributed by atoms with Crippen LogP contribution in [0.1, 0.15) is 18.6 Å². The maximum Gasteiger partial charge on any atom is 0.216 e. The van der Waals surface area contributed by atoms with Crippen molar-refractivity contribution in [3.05, 3.63) is 22.2 Å². The maximum atomic E-state index is 10.7. The van der Waals surface area contributed by atoms with Gasteiger partial charge in [0.05, 0.1) is 5.56 Å². The summed E-state index contributed by atoms with van der Waals surface area (Å²) in [6.45, 7) is 1.17. The normalized spacial score (nSPS) is 14.2. The van der Waals surface area contributed by atoms with E-state index >= 15 is 0 Å². The molecule has 17 heavy (non-hydrogen) atoms. The van der Waals surface area contributed by atoms with Gasteiger partial charge in [0.2, 0.25) is 5.91 Å². The third-order valence-corrected chi connectivity index (χ3v) is 2.61. The molecule has 0 saturated heterocycles. The fraction of sp³-hybridized carbons (Fsp3) is 0.444. The molecule has 0 aliphatic carbocycles. The summed E-state index contributed by atoms with van der Waals surface area (Å²) in [5, 5.41) is 21.7. The van der Waals surface area contributed by atoms with Gasteiger partial charge in [-0.1, -0.05) is 23.2 Å². The molecule has 0 aromatic carbocycles. The summed E-state index contributed by atoms with van der Waals surface area (Å²) in [6.07, 6.45) is -1.48. The zero-order valence-electron chi connectivity index (χ0n) is 8.89. The van der Waals surface area contributed by atoms with Crippen molar-refractivity contribution in [3.8, 4) is 0 Å². The van der Waals surface area contributed by atoms with E-state index in [1.807, 2.05) is 0 Å². The van der Waals surface area contributed by atoms with E-state index in [0.717, 1.165) is 6.33 Å². The summed E-state index contributed by atoms with van der Waals surface area (Å²) >= 11 is 11.5. The quantitative estimate of drug-likeness (QED) is 0.690. The van der Waals surface area contributed by atoms with E-state index in [0.29, 0.717) is 0 Å². The Morgan fingerprint density at radius 3 is 2.41 bits per heavy atom. The average molecular weight is 280 g/mol. The number of aromatic nitrogens is 2. The second-order valence-electron chi connectivity index (χ2n) is 3.32. The van der Waals surface area contributed by atoms with Gasteiger partial charge in [-0.2, -0.15) is 0 Å². The summed E-state index contributed by atoms with van der Waals surface area (Å²) in [5.74, 6) is -0.322. The Hall–Kier alpha value is -0.950. The number of amides is 1. The minimum atomic E-state index is -1.37. The van der Waals surface area contributed by atoms with Crippen LogP contribution in [0.15, 0.2) is 6.33 Å². The number of aliphatic hydroxyl groups is 2. The van der Waals surface area contributed by atoms with Crippen LogP contribution in [0.3, 0.4) is 0 Å². The molecule has 3 N–H and O–H groups in total. The number of halogens is 2. The lowest BCUT2D eigenvalue weighted by Crippen LogP contribution is -2.34. The Morgan fingerprint density at radius 2 is 1.94 bits per heavy atom. The SMILES string of the molecule is CC(=O)NCC(O)C(O)c1c(Cl)ncnc1Cl. The third kappa shape index (κ3) is 3.78. The molecule has 0 spiro atoms. The second kappa shape index (κ2) is 6.11. The van der Waals surface area contributed by atoms with Crippen LogP contribution in [0.2, 0.25) is 10.3 Å². The molecule has 6 nitrogen and oxygen atoms in total. The Kier molecular flexibility index (Phi) is 5.07. The zero-order chi connectivity index (χ0) is 13.0. The molecule has 0 fully saturated rings. The Balaban J connectivity index is 2.81. The van der Waals surface area contributed by atoms with Crippen molar-refractivity contribution in [2.75, 3.05) is 6.54 Å². The molecular weight excluding hydrogens is 269 g/mol. The van der Waals surface area contributed by atoms with Gasteiger partial charge in [-0.15, -0.1) is 0 Å². The van der Waals surface area contributed by atoms with Gasteiger partial charge in [0.1, 0.15) is 28.8 Å². The van der Waals surface area contributed by atoms with Crippen LogP contribution >= 0.6 is 23.2 Å². The predicted octanol–water partition coefficient (Wildman–Crippen LogP) is 0.314. The molecule has 2 atom stereocenters. The number of nitrogens with zero attached hydrogens (tertiary/aromatic N) is 2. The number of hydrogen-bond donors (Lipinski definition) is 3. The van der Waals surface area contributed by atoms with Gasteiger partial charge in [-0.3, -0.25) is 4.79 Å². The van der Waals surface area contributed by atoms with Gasteiger partial charge in [0.25, 0.3) is 0 Å². The van der Waals surface area contributed by atoms with Crippen molar-refractivity contribution >= 4 is 29.1 Å². The van der Waals surface area contributed by atoms with Crippen LogP contribution in [-0.4, -0.2) is 38.7 Å². The molecule has 0 saturated carbocycles. The molecule has 8 heteroatoms. The highest BCUT2D eigenvalue weighted by Crippen LogP contribution is 2.28. The number of carbonyl (C=O) groups excluding carboxylic acids is 1. The van der Waals surface area contributed by atoms with E-state index in [1.54, 1.807) is 0 Å². The lowest BCUT2D eigenvalue weighted by atomic mass is 10.1. The number of aliphatic hydroxyl groups excluding tert-OH is 2. The first-order valence-electron chi connectivity index (χ1n) is 4.70. The number of carbonyl (C=O) groups is 1. The molecule has 1 heterocycles. The van der Waals surface area contributed by atoms with Crippen LogP contribution < -0.4 is 5.32 Å². The number of nitrogens with one attached hydrogen (secondary N) is 1. The summed E-state index contributed by atoms with van der Waals surface area (Å²) in [6, 6.07) is 0. The lowest BCUT2D eigenvalue weighted by molar-refractivity contribution is -0.119. The summed E-state index contributed by atoms with van der Waals surface area (Å²) in [7, 11) is 0. The van der Waals surface area contributed by atoms with Crippen LogP contribution in [0, 0.1) is 0 Å². The summed E-state index contributed by atoms with van der Waals surface area (Å²) in [5.41, 5.74) is 0.0358. The maximum absolute atomic E-state index is 10.7. The van der Waals surface area contributed by atoms with E-state index in [2.05, 4.69) is 15.3 Å². The minimum absolute atomic E-state index is 0.0358. The molecule has 0 aliphatic heterocycles. The van der Waals surface area contributed by atoms with Crippen molar-refractivity contribution in [2.45, 2.75) is 19.1 Å². The number of hydrogen-bond acceptors (Lipinski definition) is 5. The molecule has 1 aromatic rings. The molecule has 94 valence electrons. The Bertz CT molecular complexity index is 396. The van der Waals surface area contributed by atoms with Crippen LogP contribution in [0.25, 0.3) is 0 Å². The van der Waals surface area contributed by atoms with Crippen molar-refractivity contribution < 1.29 is 15.0 Å². The Labute approximate surface area is 108 Å². The predicted molar refractivity (Wildman–Crippen MR) is 61.7 cm³/mol. The van der Waals surface area contributed by atoms with Gasteiger partial charge in [-0.05, 0) is 0 Å². The van der Waals surface area contributed by atoms with Gasteiger partial charge < -0.3 is 15.5 Å². The molecule has 2 unspecified atom stereocenters. The first-order chi connectivity index (χ1) is 7.93. The van der Waals surface area contributed by atoms with E-state index < -0.39 is 12.2 Å². The topological polar surface area (TPSA) is 95.3 Å². The molecule has 1 aromatic heterocycles. The van der Waals surface area contributed by atoms with E-state index in [4.69, 9.17) is 23.2 Å². The van der Waals surface area contributed by atoms with Crippen LogP contribution in [0.5, 0.6) is 0 Å². The van der Waals surface area contributed by atoms with Gasteiger partial charge in [-0.25, -0.2) is 9.97 Å². The zero-order valence-corrected chi connectivity index (χ0v) is 10.4. The molecule has 0 bridgehead atoms. The molecule has 0 radical (unpaired) electrons. The first kappa shape index (κ1) is 14.1. The van der Waals surface area contributed by atoms with Crippen molar-refractivity contribution in [3.63, 3.8) is 0 Å². The highest BCUT2D eigenvalue weighted by Gasteiger charge is 2.24. The first-order valence-corrected chi connectivity index (χ1v) is 5.45. The second-order valence-corrected chi connectivity index (χ2v) is 4.03. The van der Waals surface area contributed by atoms with Crippen LogP contribution in [-0.2, 0) is 4.79 Å². The third-order valence-electron chi connectivity index (χ3n) is 2.01. The smallest absolute Gasteiger partial charge is 0.216 e. The van der Waals surface area contributed by atoms with Crippen LogP contribution in [0.4, 0.5) is 0 Å². The molecular formula is C9H11Cl2N3O3. The van der Waals surface area contributed by atoms with Crippen molar-refractivity contribution in [1.82, 2.24) is 15.3 Å². The van der Waals surface area contributed by atoms with E-state index in [9.17, 15) is 15.0 Å². The van der Waals surface area contributed by atoms with E-state index in [1.165, 1.54) is 6.92 Å². The highest BCUT2D eigenvalue weighted by molar-refractivity contribution is 6.34. The van der Waals surface area contributed by atoms with Gasteiger partial charge in [0, 0.05) is 13.5 Å². The highest BCUT2D eigenvalue weighted by atomic mass is 35.5. The molecule has 0 aliphatic rings. The molecule has 1 amide bonds. The minimum Gasteiger partial charge on any atom is -0.388 e. The Morgan fingerprint density at radius 1 is 1.41 bits per heavy atom. The van der Waals surface area contributed by atoms with Crippen molar-refractivity contribution in [2.24, 2.45) is 0 Å². The lowest BCUT2D eigenvalue weighted by Gasteiger charge is -2.19. The molecule has 1 rings (SSSR count). The number of rotatable bonds is 4. The van der Waals surface area contributed by atoms with E-state index in [-0.39, 0.29) is 28.3 Å². The largest absolute Gasteiger partial charge is 0.388 e. The average Bonchev–Trinajstić information content (AvgIpc) is 2.25. The summed E-state index contributed by atoms with van der Waals surface area (Å²) < 4.78 is 0.